The molecule has 3 N–H and O–H groups in total. The van der Waals surface area contributed by atoms with Gasteiger partial charge in [-0.25, -0.2) is 0 Å². The first kappa shape index (κ1) is 13.4. The Morgan fingerprint density at radius 1 is 1.75 bits per heavy atom. The van der Waals surface area contributed by atoms with Crippen LogP contribution in [-0.2, 0) is 11.3 Å². The van der Waals surface area contributed by atoms with Crippen LogP contribution in [0.3, 0.4) is 0 Å². The highest BCUT2D eigenvalue weighted by molar-refractivity contribution is 14.1. The fourth-order valence-electron chi connectivity index (χ4n) is 1.58. The molecule has 0 spiro atoms. The van der Waals surface area contributed by atoms with Crippen molar-refractivity contribution in [2.24, 2.45) is 5.73 Å². The number of carbonyl (C=O) groups excluding carboxylic acids is 1. The Labute approximate surface area is 109 Å². The molecule has 0 aliphatic heterocycles. The van der Waals surface area contributed by atoms with E-state index in [4.69, 9.17) is 5.73 Å². The number of nitrogens with one attached hydrogen (secondary N) is 1. The summed E-state index contributed by atoms with van der Waals surface area (Å²) in [7, 11) is 0. The number of halogens is 1. The van der Waals surface area contributed by atoms with Gasteiger partial charge in [0, 0.05) is 12.2 Å². The van der Waals surface area contributed by atoms with Gasteiger partial charge in [0.05, 0.1) is 16.3 Å². The second kappa shape index (κ2) is 5.13. The number of hydrogen-bond acceptors (Lipinski definition) is 3. The van der Waals surface area contributed by atoms with Gasteiger partial charge in [0.1, 0.15) is 5.54 Å². The van der Waals surface area contributed by atoms with Crippen molar-refractivity contribution in [3.8, 4) is 0 Å². The molecular weight excluding hydrogens is 319 g/mol. The fourth-order valence-corrected chi connectivity index (χ4v) is 2.03. The minimum absolute atomic E-state index is 0.187. The SMILES string of the molecule is CC(C)NC(C)(Cn1cc(I)cn1)C(N)=O. The van der Waals surface area contributed by atoms with Crippen molar-refractivity contribution in [3.05, 3.63) is 16.0 Å². The van der Waals surface area contributed by atoms with E-state index in [9.17, 15) is 4.79 Å². The first-order valence-electron chi connectivity index (χ1n) is 5.09. The summed E-state index contributed by atoms with van der Waals surface area (Å²) in [6, 6.07) is 0.187. The van der Waals surface area contributed by atoms with Gasteiger partial charge in [-0.15, -0.1) is 0 Å². The predicted octanol–water partition coefficient (Wildman–Crippen LogP) is 0.730. The zero-order chi connectivity index (χ0) is 12.3. The summed E-state index contributed by atoms with van der Waals surface area (Å²) in [5.41, 5.74) is 4.65. The third-order valence-corrected chi connectivity index (χ3v) is 2.79. The van der Waals surface area contributed by atoms with E-state index < -0.39 is 5.54 Å². The van der Waals surface area contributed by atoms with Gasteiger partial charge >= 0.3 is 0 Å². The Bertz CT molecular complexity index is 377. The van der Waals surface area contributed by atoms with Gasteiger partial charge in [-0.2, -0.15) is 5.10 Å². The lowest BCUT2D eigenvalue weighted by Crippen LogP contribution is -2.58. The van der Waals surface area contributed by atoms with Gasteiger partial charge in [0.25, 0.3) is 0 Å². The second-order valence-electron chi connectivity index (χ2n) is 4.35. The molecule has 0 saturated heterocycles. The monoisotopic (exact) mass is 336 g/mol. The number of rotatable bonds is 5. The molecule has 0 aliphatic rings. The maximum Gasteiger partial charge on any atom is 0.239 e. The van der Waals surface area contributed by atoms with E-state index in [0.717, 1.165) is 3.57 Å². The molecule has 90 valence electrons. The van der Waals surface area contributed by atoms with Crippen molar-refractivity contribution in [1.29, 1.82) is 0 Å². The smallest absolute Gasteiger partial charge is 0.239 e. The van der Waals surface area contributed by atoms with E-state index in [1.54, 1.807) is 17.8 Å². The third kappa shape index (κ3) is 3.44. The molecule has 0 aromatic carbocycles. The molecule has 16 heavy (non-hydrogen) atoms. The average Bonchev–Trinajstić information content (AvgIpc) is 2.49. The van der Waals surface area contributed by atoms with E-state index in [1.165, 1.54) is 0 Å². The molecule has 0 bridgehead atoms. The van der Waals surface area contributed by atoms with Gasteiger partial charge in [0.2, 0.25) is 5.91 Å². The second-order valence-corrected chi connectivity index (χ2v) is 5.60. The van der Waals surface area contributed by atoms with Crippen molar-refractivity contribution < 1.29 is 4.79 Å². The molecular formula is C10H17IN4O. The Kier molecular flexibility index (Phi) is 4.31. The van der Waals surface area contributed by atoms with Crippen LogP contribution in [0.5, 0.6) is 0 Å². The molecule has 1 aromatic rings. The van der Waals surface area contributed by atoms with Crippen molar-refractivity contribution in [3.63, 3.8) is 0 Å². The highest BCUT2D eigenvalue weighted by Gasteiger charge is 2.32. The Hall–Kier alpha value is -0.630. The molecule has 5 nitrogen and oxygen atoms in total. The molecule has 0 fully saturated rings. The molecule has 1 amide bonds. The number of primary amides is 1. The Morgan fingerprint density at radius 3 is 2.75 bits per heavy atom. The summed E-state index contributed by atoms with van der Waals surface area (Å²) >= 11 is 2.18. The van der Waals surface area contributed by atoms with E-state index in [-0.39, 0.29) is 11.9 Å². The molecule has 1 heterocycles. The van der Waals surface area contributed by atoms with E-state index in [0.29, 0.717) is 6.54 Å². The zero-order valence-electron chi connectivity index (χ0n) is 9.70. The van der Waals surface area contributed by atoms with Crippen molar-refractivity contribution in [2.45, 2.75) is 38.9 Å². The normalized spacial score (nSPS) is 15.1. The molecule has 1 aromatic heterocycles. The highest BCUT2D eigenvalue weighted by atomic mass is 127. The van der Waals surface area contributed by atoms with Crippen LogP contribution in [0.25, 0.3) is 0 Å². The lowest BCUT2D eigenvalue weighted by Gasteiger charge is -2.29. The van der Waals surface area contributed by atoms with Gasteiger partial charge < -0.3 is 5.73 Å². The highest BCUT2D eigenvalue weighted by Crippen LogP contribution is 2.10. The lowest BCUT2D eigenvalue weighted by atomic mass is 10.0. The molecule has 0 saturated carbocycles. The lowest BCUT2D eigenvalue weighted by molar-refractivity contribution is -0.124. The third-order valence-electron chi connectivity index (χ3n) is 2.23. The predicted molar refractivity (Wildman–Crippen MR) is 70.8 cm³/mol. The minimum Gasteiger partial charge on any atom is -0.368 e. The van der Waals surface area contributed by atoms with Crippen LogP contribution >= 0.6 is 22.6 Å². The fraction of sp³-hybridized carbons (Fsp3) is 0.600. The first-order chi connectivity index (χ1) is 7.33. The van der Waals surface area contributed by atoms with Gasteiger partial charge in [0.15, 0.2) is 0 Å². The van der Waals surface area contributed by atoms with Gasteiger partial charge in [-0.1, -0.05) is 0 Å². The van der Waals surface area contributed by atoms with Crippen LogP contribution in [-0.4, -0.2) is 27.3 Å². The Balaban J connectivity index is 2.82. The Morgan fingerprint density at radius 2 is 2.38 bits per heavy atom. The number of carbonyl (C=O) groups is 1. The summed E-state index contributed by atoms with van der Waals surface area (Å²) < 4.78 is 2.76. The zero-order valence-corrected chi connectivity index (χ0v) is 11.9. The number of aromatic nitrogens is 2. The standard InChI is InChI=1S/C10H17IN4O/c1-7(2)14-10(3,9(12)16)6-15-5-8(11)4-13-15/h4-5,7,14H,6H2,1-3H3,(H2,12,16). The number of hydrogen-bond donors (Lipinski definition) is 2. The van der Waals surface area contributed by atoms with Crippen molar-refractivity contribution in [2.75, 3.05) is 0 Å². The summed E-state index contributed by atoms with van der Waals surface area (Å²) in [6.07, 6.45) is 3.63. The molecule has 0 aliphatic carbocycles. The van der Waals surface area contributed by atoms with Crippen molar-refractivity contribution in [1.82, 2.24) is 15.1 Å². The van der Waals surface area contributed by atoms with Crippen LogP contribution in [0, 0.1) is 3.57 Å². The number of nitrogens with two attached hydrogens (primary N) is 1. The van der Waals surface area contributed by atoms with E-state index in [1.807, 2.05) is 20.0 Å². The van der Waals surface area contributed by atoms with Crippen LogP contribution < -0.4 is 11.1 Å². The maximum atomic E-state index is 11.5. The van der Waals surface area contributed by atoms with Crippen LogP contribution in [0.1, 0.15) is 20.8 Å². The maximum absolute atomic E-state index is 11.5. The van der Waals surface area contributed by atoms with Crippen molar-refractivity contribution >= 4 is 28.5 Å². The molecule has 1 unspecified atom stereocenters. The van der Waals surface area contributed by atoms with Crippen LogP contribution in [0.2, 0.25) is 0 Å². The molecule has 1 atom stereocenters. The molecule has 1 rings (SSSR count). The quantitative estimate of drug-likeness (QED) is 0.779. The van der Waals surface area contributed by atoms with Crippen LogP contribution in [0.4, 0.5) is 0 Å². The van der Waals surface area contributed by atoms with E-state index in [2.05, 4.69) is 33.0 Å². The topological polar surface area (TPSA) is 72.9 Å². The molecule has 6 heteroatoms. The van der Waals surface area contributed by atoms with Crippen LogP contribution in [0.15, 0.2) is 12.4 Å². The van der Waals surface area contributed by atoms with Gasteiger partial charge in [-0.3, -0.25) is 14.8 Å². The molecule has 0 radical (unpaired) electrons. The average molecular weight is 336 g/mol. The summed E-state index contributed by atoms with van der Waals surface area (Å²) in [6.45, 7) is 6.19. The largest absolute Gasteiger partial charge is 0.368 e. The first-order valence-corrected chi connectivity index (χ1v) is 6.17. The summed E-state index contributed by atoms with van der Waals surface area (Å²) in [4.78, 5) is 11.5. The number of amides is 1. The summed E-state index contributed by atoms with van der Waals surface area (Å²) in [5.74, 6) is -0.369. The summed E-state index contributed by atoms with van der Waals surface area (Å²) in [5, 5.41) is 7.33. The number of nitrogens with zero attached hydrogens (tertiary/aromatic N) is 2. The minimum atomic E-state index is -0.775. The van der Waals surface area contributed by atoms with E-state index >= 15 is 0 Å². The van der Waals surface area contributed by atoms with Gasteiger partial charge in [-0.05, 0) is 43.4 Å².